The molecule has 6 rings (SSSR count). The van der Waals surface area contributed by atoms with Crippen LogP contribution in [0.5, 0.6) is 0 Å². The molecule has 20 heteroatoms. The maximum absolute atomic E-state index is 14.3. The van der Waals surface area contributed by atoms with Crippen molar-refractivity contribution in [3.8, 4) is 0 Å². The summed E-state index contributed by atoms with van der Waals surface area (Å²) in [5.41, 5.74) is 21.6. The molecule has 0 bridgehead atoms. The smallest absolute Gasteiger partial charge is 0.331 e. The fourth-order valence-corrected chi connectivity index (χ4v) is 10.0. The molecule has 20 nitrogen and oxygen atoms in total. The molecule has 5 amide bonds. The Morgan fingerprint density at radius 2 is 0.800 bits per heavy atom. The number of quaternary nitrogens is 3. The molecular weight excluding hydrogens is 1010 g/mol. The van der Waals surface area contributed by atoms with E-state index in [4.69, 9.17) is 4.98 Å². The van der Waals surface area contributed by atoms with E-state index in [0.717, 1.165) is 90.6 Å². The normalized spacial score (nSPS) is 12.8. The van der Waals surface area contributed by atoms with Gasteiger partial charge in [-0.25, -0.2) is 14.8 Å². The fraction of sp³-hybridized carbons (Fsp3) is 0.483. The van der Waals surface area contributed by atoms with E-state index in [-0.39, 0.29) is 5.91 Å². The second kappa shape index (κ2) is 29.6. The molecule has 6 aromatic rings. The molecule has 0 saturated carbocycles. The Labute approximate surface area is 471 Å². The minimum atomic E-state index is -0.996. The molecule has 16 N–H and O–H groups in total. The molecule has 2 heterocycles. The van der Waals surface area contributed by atoms with E-state index in [1.54, 1.807) is 0 Å². The average molecular weight is 1100 g/mol. The summed E-state index contributed by atoms with van der Waals surface area (Å²) in [6, 6.07) is 21.5. The number of nitrogens with zero attached hydrogens (tertiary/aromatic N) is 5. The first-order chi connectivity index (χ1) is 38.3. The van der Waals surface area contributed by atoms with Crippen LogP contribution in [0.1, 0.15) is 84.0 Å². The van der Waals surface area contributed by atoms with E-state index in [0.29, 0.717) is 90.4 Å². The maximum Gasteiger partial charge on any atom is 0.331 e. The predicted molar refractivity (Wildman–Crippen MR) is 324 cm³/mol. The number of H-pyrrole nitrogens is 1. The van der Waals surface area contributed by atoms with Crippen molar-refractivity contribution in [1.29, 1.82) is 0 Å². The molecular formula is C60H91N15O5+4. The van der Waals surface area contributed by atoms with Crippen LogP contribution < -0.4 is 73.7 Å². The van der Waals surface area contributed by atoms with Gasteiger partial charge in [-0.15, -0.1) is 0 Å². The highest BCUT2D eigenvalue weighted by Crippen LogP contribution is 2.35. The molecule has 0 radical (unpaired) electrons. The SMILES string of the molecule is CC(=O)N[C@@H](CCCCNc1c2ccc(N(C)C)cc2nc2cc(N(C)C)ccc12)C(=O)NC(CCCC[NH3+])C(=O)NC(CCCC[NH3+])C(=O)N[C@@H](CCCCNc1c2ccc(N(C)C)cc2[nH+]c2cc(N(C)C)ccc12)C([NH3+])=O. The number of rotatable bonds is 32. The van der Waals surface area contributed by atoms with Crippen LogP contribution in [0, 0.1) is 0 Å². The van der Waals surface area contributed by atoms with E-state index in [1.165, 1.54) is 6.92 Å². The number of carbonyl (C=O) groups is 5. The fourth-order valence-electron chi connectivity index (χ4n) is 10.0. The minimum Gasteiger partial charge on any atom is -0.384 e. The molecule has 0 aliphatic heterocycles. The number of pyridine rings is 2. The van der Waals surface area contributed by atoms with Crippen molar-refractivity contribution in [2.45, 2.75) is 108 Å². The van der Waals surface area contributed by atoms with Gasteiger partial charge < -0.3 is 63.0 Å². The van der Waals surface area contributed by atoms with Gasteiger partial charge in [-0.1, -0.05) is 0 Å². The number of hydrogen-bond acceptors (Lipinski definition) is 12. The molecule has 0 spiro atoms. The van der Waals surface area contributed by atoms with Crippen molar-refractivity contribution in [2.75, 3.05) is 113 Å². The number of aromatic nitrogens is 2. The molecule has 0 saturated heterocycles. The number of benzene rings is 4. The van der Waals surface area contributed by atoms with E-state index in [2.05, 4.69) is 146 Å². The number of aromatic amines is 1. The van der Waals surface area contributed by atoms with Gasteiger partial charge in [0.2, 0.25) is 34.7 Å². The molecule has 0 aliphatic carbocycles. The molecule has 4 atom stereocenters. The first kappa shape index (κ1) is 61.7. The van der Waals surface area contributed by atoms with Crippen molar-refractivity contribution in [1.82, 2.24) is 26.3 Å². The Hall–Kier alpha value is -7.55. The second-order valence-corrected chi connectivity index (χ2v) is 21.9. The highest BCUT2D eigenvalue weighted by Gasteiger charge is 2.31. The lowest BCUT2D eigenvalue weighted by Gasteiger charge is -2.26. The van der Waals surface area contributed by atoms with Crippen LogP contribution in [-0.4, -0.2) is 141 Å². The van der Waals surface area contributed by atoms with Gasteiger partial charge in [-0.2, -0.15) is 0 Å². The summed E-state index contributed by atoms with van der Waals surface area (Å²) < 4.78 is 0. The number of anilines is 6. The Balaban J connectivity index is 1.08. The van der Waals surface area contributed by atoms with Crippen LogP contribution in [0.2, 0.25) is 0 Å². The molecule has 80 heavy (non-hydrogen) atoms. The zero-order valence-corrected chi connectivity index (χ0v) is 48.9. The van der Waals surface area contributed by atoms with Gasteiger partial charge in [0.15, 0.2) is 0 Å². The van der Waals surface area contributed by atoms with Gasteiger partial charge in [-0.05, 0) is 138 Å². The summed E-state index contributed by atoms with van der Waals surface area (Å²) >= 11 is 0. The van der Waals surface area contributed by atoms with E-state index in [1.807, 2.05) is 56.4 Å². The van der Waals surface area contributed by atoms with Gasteiger partial charge in [0.25, 0.3) is 0 Å². The van der Waals surface area contributed by atoms with Gasteiger partial charge in [-0.3, -0.25) is 24.9 Å². The summed E-state index contributed by atoms with van der Waals surface area (Å²) in [6.07, 6.45) is 6.53. The summed E-state index contributed by atoms with van der Waals surface area (Å²) in [5.74, 6) is -2.29. The number of unbranched alkanes of at least 4 members (excludes halogenated alkanes) is 4. The van der Waals surface area contributed by atoms with Crippen molar-refractivity contribution >= 4 is 107 Å². The average Bonchev–Trinajstić information content (AvgIpc) is 3.49. The van der Waals surface area contributed by atoms with E-state index in [9.17, 15) is 24.0 Å². The van der Waals surface area contributed by atoms with Crippen LogP contribution in [0.3, 0.4) is 0 Å². The van der Waals surface area contributed by atoms with Crippen LogP contribution in [0.25, 0.3) is 43.6 Å². The van der Waals surface area contributed by atoms with E-state index >= 15 is 0 Å². The lowest BCUT2D eigenvalue weighted by Crippen LogP contribution is -2.67. The Bertz CT molecular complexity index is 2960. The standard InChI is InChI=1S/C60H87N15O5/c1-38(76)66-48(21-13-17-33-65-56-45-28-24-41(74(6)7)36-53(45)68-54-37-42(75(8)9)25-29-46(54)56)58(78)70-50(20-11-15-31-62)60(80)71-49(19-10-14-30-61)59(79)69-47(57(63)77)18-12-16-32-64-55-43-26-22-39(72(2)3)34-51(43)67-52-35-40(73(4)5)23-27-44(52)55/h22-29,34-37,47-50H,10-21,30-33,61-62H2,1-9H3,(H2,63,77)(H,64,67)(H,65,68)(H,66,76)(H,69,79)(H,70,78)(H,71,80)/p+4/t47-,48-,49?,50?/m0/s1. The third kappa shape index (κ3) is 16.7. The number of carbonyl (C=O) groups excluding carboxylic acids is 5. The first-order valence-corrected chi connectivity index (χ1v) is 28.4. The van der Waals surface area contributed by atoms with Crippen LogP contribution in [0.15, 0.2) is 72.8 Å². The van der Waals surface area contributed by atoms with E-state index < -0.39 is 47.8 Å². The lowest BCUT2D eigenvalue weighted by atomic mass is 10.0. The number of hydrogen-bond donors (Lipinski definition) is 9. The van der Waals surface area contributed by atoms with Crippen LogP contribution in [0.4, 0.5) is 34.1 Å². The zero-order valence-electron chi connectivity index (χ0n) is 48.9. The van der Waals surface area contributed by atoms with Crippen LogP contribution in [-0.2, 0) is 24.0 Å². The lowest BCUT2D eigenvalue weighted by molar-refractivity contribution is -0.369. The monoisotopic (exact) mass is 1100 g/mol. The van der Waals surface area contributed by atoms with Crippen molar-refractivity contribution in [3.63, 3.8) is 0 Å². The number of fused-ring (bicyclic) bond motifs is 4. The highest BCUT2D eigenvalue weighted by atomic mass is 16.2. The molecule has 2 unspecified atom stereocenters. The topological polar surface area (TPSA) is 280 Å². The second-order valence-electron chi connectivity index (χ2n) is 21.9. The quantitative estimate of drug-likeness (QED) is 0.0218. The van der Waals surface area contributed by atoms with Gasteiger partial charge >= 0.3 is 5.91 Å². The van der Waals surface area contributed by atoms with Crippen molar-refractivity contribution in [3.05, 3.63) is 72.8 Å². The summed E-state index contributed by atoms with van der Waals surface area (Å²) in [6.45, 7) is 3.87. The zero-order chi connectivity index (χ0) is 58.0. The Morgan fingerprint density at radius 3 is 1.18 bits per heavy atom. The first-order valence-electron chi connectivity index (χ1n) is 28.4. The molecule has 2 aromatic heterocycles. The van der Waals surface area contributed by atoms with Crippen molar-refractivity contribution < 1.29 is 46.2 Å². The molecule has 0 fully saturated rings. The number of amides is 5. The third-order valence-electron chi connectivity index (χ3n) is 14.7. The summed E-state index contributed by atoms with van der Waals surface area (Å²) in [4.78, 5) is 85.1. The van der Waals surface area contributed by atoms with Gasteiger partial charge in [0.1, 0.15) is 24.2 Å². The minimum absolute atomic E-state index is 0.298. The number of nitrogens with one attached hydrogen (secondary N) is 7. The van der Waals surface area contributed by atoms with Gasteiger partial charge in [0, 0.05) is 122 Å². The third-order valence-corrected chi connectivity index (χ3v) is 14.7. The largest absolute Gasteiger partial charge is 0.384 e. The van der Waals surface area contributed by atoms with Crippen LogP contribution >= 0.6 is 0 Å². The van der Waals surface area contributed by atoms with Crippen molar-refractivity contribution in [2.24, 2.45) is 0 Å². The molecule has 4 aromatic carbocycles. The Morgan fingerprint density at radius 1 is 0.463 bits per heavy atom. The molecule has 432 valence electrons. The predicted octanol–water partition coefficient (Wildman–Crippen LogP) is 3.19. The molecule has 0 aliphatic rings. The Kier molecular flexibility index (Phi) is 22.8. The summed E-state index contributed by atoms with van der Waals surface area (Å²) in [5, 5.41) is 23.1. The van der Waals surface area contributed by atoms with Gasteiger partial charge in [0.05, 0.1) is 46.3 Å². The summed E-state index contributed by atoms with van der Waals surface area (Å²) in [7, 11) is 16.1. The maximum atomic E-state index is 14.3. The highest BCUT2D eigenvalue weighted by molar-refractivity contribution is 6.09.